The molecule has 0 saturated heterocycles. The molecule has 0 aromatic heterocycles. The average Bonchev–Trinajstić information content (AvgIpc) is 2.36. The van der Waals surface area contributed by atoms with E-state index in [1.165, 1.54) is 17.5 Å². The maximum absolute atomic E-state index is 4.59. The smallest absolute Gasteiger partial charge is 0.0799 e. The van der Waals surface area contributed by atoms with E-state index in [4.69, 9.17) is 0 Å². The van der Waals surface area contributed by atoms with Crippen molar-refractivity contribution in [3.05, 3.63) is 46.5 Å². The fourth-order valence-electron chi connectivity index (χ4n) is 1.98. The van der Waals surface area contributed by atoms with Gasteiger partial charge in [0.25, 0.3) is 0 Å². The fourth-order valence-corrected chi connectivity index (χ4v) is 2.07. The molecule has 0 heterocycles. The Morgan fingerprint density at radius 2 is 2.06 bits per heavy atom. The molecular weight excluding hydrogens is 288 g/mol. The average molecular weight is 307 g/mol. The number of hydrogen-bond acceptors (Lipinski definition) is 2. The van der Waals surface area contributed by atoms with Gasteiger partial charge in [-0.1, -0.05) is 46.8 Å². The van der Waals surface area contributed by atoms with E-state index < -0.39 is 0 Å². The van der Waals surface area contributed by atoms with Crippen LogP contribution < -0.4 is 5.43 Å². The van der Waals surface area contributed by atoms with Crippen molar-refractivity contribution >= 4 is 21.6 Å². The molecule has 0 radical (unpaired) electrons. The molecule has 0 fully saturated rings. The largest absolute Gasteiger partial charge is 0.299 e. The molecule has 3 heteroatoms. The van der Waals surface area contributed by atoms with Crippen LogP contribution in [0.15, 0.2) is 40.4 Å². The van der Waals surface area contributed by atoms with Crippen molar-refractivity contribution in [3.63, 3.8) is 0 Å². The van der Waals surface area contributed by atoms with Crippen molar-refractivity contribution in [2.24, 2.45) is 5.10 Å². The van der Waals surface area contributed by atoms with Gasteiger partial charge in [0.1, 0.15) is 0 Å². The lowest BCUT2D eigenvalue weighted by molar-refractivity contribution is 0.488. The number of fused-ring (bicyclic) bond motifs is 1. The first-order valence-electron chi connectivity index (χ1n) is 6.27. The molecule has 0 spiro atoms. The third kappa shape index (κ3) is 2.83. The van der Waals surface area contributed by atoms with E-state index in [1.807, 2.05) is 0 Å². The maximum atomic E-state index is 4.59. The molecule has 1 aliphatic carbocycles. The number of aryl methyl sites for hydroxylation is 1. The summed E-state index contributed by atoms with van der Waals surface area (Å²) < 4.78 is 0.906. The number of hydrogen-bond donors (Lipinski definition) is 1. The van der Waals surface area contributed by atoms with Crippen molar-refractivity contribution in [1.29, 1.82) is 0 Å². The molecule has 0 amide bonds. The first-order chi connectivity index (χ1) is 8.50. The fraction of sp³-hybridized carbons (Fsp3) is 0.400. The summed E-state index contributed by atoms with van der Waals surface area (Å²) in [4.78, 5) is 0. The third-order valence-electron chi connectivity index (χ3n) is 3.34. The van der Waals surface area contributed by atoms with Gasteiger partial charge in [0.2, 0.25) is 0 Å². The number of halogens is 1. The highest BCUT2D eigenvalue weighted by atomic mass is 79.9. The van der Waals surface area contributed by atoms with Gasteiger partial charge in [0.05, 0.1) is 11.3 Å². The maximum Gasteiger partial charge on any atom is 0.0799 e. The van der Waals surface area contributed by atoms with Crippen LogP contribution in [0.1, 0.15) is 37.8 Å². The first kappa shape index (κ1) is 13.3. The van der Waals surface area contributed by atoms with Crippen molar-refractivity contribution in [2.75, 3.05) is 0 Å². The molecule has 0 unspecified atom stereocenters. The molecule has 18 heavy (non-hydrogen) atoms. The van der Waals surface area contributed by atoms with Crippen LogP contribution in [0.25, 0.3) is 0 Å². The number of benzene rings is 1. The van der Waals surface area contributed by atoms with Crippen LogP contribution in [-0.2, 0) is 6.42 Å². The number of nitrogens with zero attached hydrogens (tertiary/aromatic N) is 1. The van der Waals surface area contributed by atoms with Gasteiger partial charge < -0.3 is 0 Å². The predicted molar refractivity (Wildman–Crippen MR) is 81.2 cm³/mol. The zero-order chi connectivity index (χ0) is 13.2. The molecule has 1 aromatic carbocycles. The second-order valence-electron chi connectivity index (χ2n) is 5.21. The SMILES string of the molecule is C=C(Br)C(C)(C)N/N=C1\CCCc2ccccc21. The molecule has 1 aliphatic rings. The molecular formula is C15H19BrN2. The van der Waals surface area contributed by atoms with Crippen molar-refractivity contribution in [3.8, 4) is 0 Å². The number of rotatable bonds is 3. The lowest BCUT2D eigenvalue weighted by atomic mass is 9.90. The van der Waals surface area contributed by atoms with Gasteiger partial charge in [-0.05, 0) is 38.7 Å². The van der Waals surface area contributed by atoms with Crippen LogP contribution in [0.2, 0.25) is 0 Å². The minimum absolute atomic E-state index is 0.237. The number of nitrogens with one attached hydrogen (secondary N) is 1. The molecule has 0 bridgehead atoms. The van der Waals surface area contributed by atoms with Gasteiger partial charge in [-0.15, -0.1) is 0 Å². The summed E-state index contributed by atoms with van der Waals surface area (Å²) in [5, 5.41) is 4.59. The van der Waals surface area contributed by atoms with Crippen molar-refractivity contribution in [2.45, 2.75) is 38.6 Å². The zero-order valence-corrected chi connectivity index (χ0v) is 12.5. The van der Waals surface area contributed by atoms with Crippen molar-refractivity contribution < 1.29 is 0 Å². The molecule has 2 nitrogen and oxygen atoms in total. The summed E-state index contributed by atoms with van der Waals surface area (Å²) in [6.07, 6.45) is 3.37. The minimum Gasteiger partial charge on any atom is -0.299 e. The van der Waals surface area contributed by atoms with E-state index in [0.717, 1.165) is 23.0 Å². The molecule has 0 saturated carbocycles. The number of hydrazone groups is 1. The Balaban J connectivity index is 2.23. The van der Waals surface area contributed by atoms with Gasteiger partial charge in [0.15, 0.2) is 0 Å². The van der Waals surface area contributed by atoms with Gasteiger partial charge >= 0.3 is 0 Å². The van der Waals surface area contributed by atoms with Gasteiger partial charge in [0, 0.05) is 10.0 Å². The summed E-state index contributed by atoms with van der Waals surface area (Å²) >= 11 is 3.43. The van der Waals surface area contributed by atoms with Crippen LogP contribution in [0, 0.1) is 0 Å². The summed E-state index contributed by atoms with van der Waals surface area (Å²) in [7, 11) is 0. The van der Waals surface area contributed by atoms with Gasteiger partial charge in [-0.3, -0.25) is 5.43 Å². The molecule has 1 aromatic rings. The van der Waals surface area contributed by atoms with Gasteiger partial charge in [-0.2, -0.15) is 5.10 Å². The van der Waals surface area contributed by atoms with E-state index in [1.54, 1.807) is 0 Å². The van der Waals surface area contributed by atoms with Crippen LogP contribution in [0.4, 0.5) is 0 Å². The summed E-state index contributed by atoms with van der Waals surface area (Å²) in [5.41, 5.74) is 6.81. The lowest BCUT2D eigenvalue weighted by Crippen LogP contribution is -2.36. The predicted octanol–water partition coefficient (Wildman–Crippen LogP) is 4.00. The van der Waals surface area contributed by atoms with Crippen LogP contribution in [-0.4, -0.2) is 11.3 Å². The second-order valence-corrected chi connectivity index (χ2v) is 6.17. The van der Waals surface area contributed by atoms with Crippen LogP contribution in [0.3, 0.4) is 0 Å². The molecule has 0 aliphatic heterocycles. The summed E-state index contributed by atoms with van der Waals surface area (Å²) in [6, 6.07) is 8.53. The Morgan fingerprint density at radius 3 is 2.78 bits per heavy atom. The molecule has 0 atom stereocenters. The van der Waals surface area contributed by atoms with Crippen LogP contribution >= 0.6 is 15.9 Å². The Hall–Kier alpha value is -1.09. The quantitative estimate of drug-likeness (QED) is 0.839. The van der Waals surface area contributed by atoms with Crippen molar-refractivity contribution in [1.82, 2.24) is 5.43 Å². The monoisotopic (exact) mass is 306 g/mol. The highest BCUT2D eigenvalue weighted by Gasteiger charge is 2.20. The zero-order valence-electron chi connectivity index (χ0n) is 11.0. The highest BCUT2D eigenvalue weighted by molar-refractivity contribution is 9.11. The second kappa shape index (κ2) is 5.27. The molecule has 96 valence electrons. The first-order valence-corrected chi connectivity index (χ1v) is 7.07. The Labute approximate surface area is 117 Å². The van der Waals surface area contributed by atoms with E-state index >= 15 is 0 Å². The van der Waals surface area contributed by atoms with E-state index in [2.05, 4.69) is 71.1 Å². The summed E-state index contributed by atoms with van der Waals surface area (Å²) in [6.45, 7) is 8.04. The molecule has 1 N–H and O–H groups in total. The Morgan fingerprint density at radius 1 is 1.33 bits per heavy atom. The minimum atomic E-state index is -0.237. The lowest BCUT2D eigenvalue weighted by Gasteiger charge is -2.25. The van der Waals surface area contributed by atoms with E-state index in [9.17, 15) is 0 Å². The van der Waals surface area contributed by atoms with E-state index in [0.29, 0.717) is 0 Å². The normalized spacial score (nSPS) is 17.4. The summed E-state index contributed by atoms with van der Waals surface area (Å²) in [5.74, 6) is 0. The van der Waals surface area contributed by atoms with E-state index in [-0.39, 0.29) is 5.54 Å². The highest BCUT2D eigenvalue weighted by Crippen LogP contribution is 2.23. The van der Waals surface area contributed by atoms with Gasteiger partial charge in [-0.25, -0.2) is 0 Å². The Kier molecular flexibility index (Phi) is 3.91. The standard InChI is InChI=1S/C15H19BrN2/c1-11(16)15(2,3)18-17-14-10-6-8-12-7-4-5-9-13(12)14/h4-5,7,9,18H,1,6,8,10H2,2-3H3/b17-14+. The molecule has 2 rings (SSSR count). The Bertz CT molecular complexity index is 489. The third-order valence-corrected chi connectivity index (χ3v) is 4.33. The topological polar surface area (TPSA) is 24.4 Å². The van der Waals surface area contributed by atoms with Crippen LogP contribution in [0.5, 0.6) is 0 Å².